The number of amides is 1. The topological polar surface area (TPSA) is 63.2 Å². The summed E-state index contributed by atoms with van der Waals surface area (Å²) < 4.78 is 5.73. The van der Waals surface area contributed by atoms with Crippen LogP contribution in [0.5, 0.6) is 5.75 Å². The van der Waals surface area contributed by atoms with Crippen LogP contribution in [0, 0.1) is 0 Å². The minimum atomic E-state index is -0.191. The summed E-state index contributed by atoms with van der Waals surface area (Å²) in [7, 11) is 0. The summed E-state index contributed by atoms with van der Waals surface area (Å²) in [5.41, 5.74) is 0. The highest BCUT2D eigenvalue weighted by molar-refractivity contribution is 7.15. The van der Waals surface area contributed by atoms with Crippen molar-refractivity contribution < 1.29 is 9.53 Å². The number of fused-ring (bicyclic) bond motifs is 1. The monoisotopic (exact) mass is 367 g/mol. The fourth-order valence-electron chi connectivity index (χ4n) is 3.26. The van der Waals surface area contributed by atoms with E-state index in [-0.39, 0.29) is 12.5 Å². The zero-order valence-corrected chi connectivity index (χ0v) is 15.2. The van der Waals surface area contributed by atoms with Crippen LogP contribution in [0.1, 0.15) is 23.6 Å². The molecule has 1 saturated heterocycles. The number of ether oxygens (including phenoxy) is 1. The lowest BCUT2D eigenvalue weighted by Gasteiger charge is -2.20. The molecule has 134 valence electrons. The molecule has 0 bridgehead atoms. The molecule has 0 aliphatic carbocycles. The molecule has 0 spiro atoms. The first-order valence-electron chi connectivity index (χ1n) is 8.86. The number of hydrogen-bond acceptors (Lipinski definition) is 5. The predicted molar refractivity (Wildman–Crippen MR) is 105 cm³/mol. The fraction of sp³-hybridized carbons (Fsp3) is 0.300. The molecule has 2 aromatic carbocycles. The normalized spacial score (nSPS) is 15.1. The van der Waals surface area contributed by atoms with Crippen molar-refractivity contribution >= 4 is 33.1 Å². The number of nitrogens with one attached hydrogen (secondary N) is 2. The van der Waals surface area contributed by atoms with Crippen LogP contribution in [0.15, 0.2) is 48.7 Å². The van der Waals surface area contributed by atoms with Crippen LogP contribution in [0.3, 0.4) is 0 Å². The number of carbonyl (C=O) groups is 1. The van der Waals surface area contributed by atoms with Crippen molar-refractivity contribution in [3.8, 4) is 5.75 Å². The van der Waals surface area contributed by atoms with Gasteiger partial charge in [-0.25, -0.2) is 4.98 Å². The molecular formula is C20H21N3O2S. The summed E-state index contributed by atoms with van der Waals surface area (Å²) in [6.45, 7) is 2.06. The highest BCUT2D eigenvalue weighted by atomic mass is 32.1. The van der Waals surface area contributed by atoms with Gasteiger partial charge in [0.25, 0.3) is 5.91 Å². The highest BCUT2D eigenvalue weighted by Gasteiger charge is 2.18. The maximum Gasteiger partial charge on any atom is 0.264 e. The maximum absolute atomic E-state index is 12.2. The molecule has 0 radical (unpaired) electrons. The minimum absolute atomic E-state index is 0.0315. The summed E-state index contributed by atoms with van der Waals surface area (Å²) >= 11 is 1.57. The molecule has 4 rings (SSSR count). The Balaban J connectivity index is 1.36. The Hall–Kier alpha value is -2.44. The number of thiazole rings is 1. The second-order valence-corrected chi connectivity index (χ2v) is 7.47. The molecule has 3 aromatic rings. The molecule has 2 N–H and O–H groups in total. The molecule has 1 fully saturated rings. The van der Waals surface area contributed by atoms with E-state index < -0.39 is 0 Å². The quantitative estimate of drug-likeness (QED) is 0.720. The molecule has 1 aliphatic rings. The lowest BCUT2D eigenvalue weighted by Crippen LogP contribution is -2.26. The molecule has 2 heterocycles. The van der Waals surface area contributed by atoms with Gasteiger partial charge in [0.1, 0.15) is 5.75 Å². The second-order valence-electron chi connectivity index (χ2n) is 6.41. The van der Waals surface area contributed by atoms with Crippen molar-refractivity contribution in [1.29, 1.82) is 0 Å². The summed E-state index contributed by atoms with van der Waals surface area (Å²) in [5.74, 6) is 1.07. The minimum Gasteiger partial charge on any atom is -0.483 e. The van der Waals surface area contributed by atoms with Gasteiger partial charge in [0.2, 0.25) is 0 Å². The average molecular weight is 367 g/mol. The Morgan fingerprint density at radius 3 is 2.88 bits per heavy atom. The van der Waals surface area contributed by atoms with E-state index in [1.807, 2.05) is 48.7 Å². The summed E-state index contributed by atoms with van der Waals surface area (Å²) in [5, 5.41) is 8.96. The molecule has 1 amide bonds. The van der Waals surface area contributed by atoms with Crippen molar-refractivity contribution in [2.24, 2.45) is 0 Å². The molecular weight excluding hydrogens is 346 g/mol. The van der Waals surface area contributed by atoms with E-state index in [0.29, 0.717) is 16.8 Å². The number of aromatic nitrogens is 1. The Bertz CT molecular complexity index is 897. The van der Waals surface area contributed by atoms with E-state index in [2.05, 4.69) is 15.6 Å². The smallest absolute Gasteiger partial charge is 0.264 e. The van der Waals surface area contributed by atoms with Crippen LogP contribution >= 0.6 is 11.3 Å². The second kappa shape index (κ2) is 7.85. The molecule has 0 saturated carbocycles. The first-order chi connectivity index (χ1) is 12.8. The van der Waals surface area contributed by atoms with Crippen LogP contribution in [0.25, 0.3) is 10.8 Å². The Morgan fingerprint density at radius 2 is 2.00 bits per heavy atom. The Labute approximate surface area is 156 Å². The van der Waals surface area contributed by atoms with Gasteiger partial charge in [-0.05, 0) is 43.3 Å². The largest absolute Gasteiger partial charge is 0.483 e. The fourth-order valence-corrected chi connectivity index (χ4v) is 4.26. The van der Waals surface area contributed by atoms with Crippen molar-refractivity contribution in [3.05, 3.63) is 53.5 Å². The van der Waals surface area contributed by atoms with Crippen LogP contribution in [0.4, 0.5) is 5.13 Å². The third-order valence-corrected chi connectivity index (χ3v) is 5.70. The maximum atomic E-state index is 12.2. The first-order valence-corrected chi connectivity index (χ1v) is 9.68. The van der Waals surface area contributed by atoms with Crippen LogP contribution in [-0.2, 0) is 4.79 Å². The number of benzene rings is 2. The number of carbonyl (C=O) groups excluding carboxylic acids is 1. The molecule has 0 atom stereocenters. The third-order valence-electron chi connectivity index (χ3n) is 4.62. The number of rotatable bonds is 5. The lowest BCUT2D eigenvalue weighted by molar-refractivity contribution is -0.118. The zero-order valence-electron chi connectivity index (χ0n) is 14.4. The highest BCUT2D eigenvalue weighted by Crippen LogP contribution is 2.31. The van der Waals surface area contributed by atoms with Crippen LogP contribution < -0.4 is 15.4 Å². The van der Waals surface area contributed by atoms with Crippen molar-refractivity contribution in [2.75, 3.05) is 25.0 Å². The van der Waals surface area contributed by atoms with Gasteiger partial charge in [0.05, 0.1) is 0 Å². The number of hydrogen-bond donors (Lipinski definition) is 2. The zero-order chi connectivity index (χ0) is 17.8. The lowest BCUT2D eigenvalue weighted by atomic mass is 9.97. The number of piperidine rings is 1. The summed E-state index contributed by atoms with van der Waals surface area (Å²) in [4.78, 5) is 17.8. The molecule has 0 unspecified atom stereocenters. The van der Waals surface area contributed by atoms with Gasteiger partial charge in [-0.1, -0.05) is 36.4 Å². The van der Waals surface area contributed by atoms with Crippen LogP contribution in [-0.4, -0.2) is 30.6 Å². The SMILES string of the molecule is O=C(COc1cccc2ccccc12)Nc1ncc(C2CCNCC2)s1. The Kier molecular flexibility index (Phi) is 5.13. The summed E-state index contributed by atoms with van der Waals surface area (Å²) in [6.07, 6.45) is 4.14. The molecule has 5 nitrogen and oxygen atoms in total. The van der Waals surface area contributed by atoms with Crippen LogP contribution in [0.2, 0.25) is 0 Å². The average Bonchev–Trinajstić information content (AvgIpc) is 3.15. The molecule has 26 heavy (non-hydrogen) atoms. The molecule has 1 aliphatic heterocycles. The van der Waals surface area contributed by atoms with Crippen molar-refractivity contribution in [2.45, 2.75) is 18.8 Å². The van der Waals surface area contributed by atoms with E-state index in [1.54, 1.807) is 11.3 Å². The standard InChI is InChI=1S/C20H21N3O2S/c24-19(13-25-17-7-3-5-14-4-1-2-6-16(14)17)23-20-22-12-18(26-20)15-8-10-21-11-9-15/h1-7,12,15,21H,8-11,13H2,(H,22,23,24). The predicted octanol–water partition coefficient (Wildman–Crippen LogP) is 3.78. The first kappa shape index (κ1) is 17.0. The van der Waals surface area contributed by atoms with Gasteiger partial charge in [0, 0.05) is 16.5 Å². The summed E-state index contributed by atoms with van der Waals surface area (Å²) in [6, 6.07) is 13.8. The van der Waals surface area contributed by atoms with E-state index in [4.69, 9.17) is 4.74 Å². The number of anilines is 1. The van der Waals surface area contributed by atoms with E-state index in [9.17, 15) is 4.79 Å². The van der Waals surface area contributed by atoms with Gasteiger partial charge in [-0.3, -0.25) is 10.1 Å². The van der Waals surface area contributed by atoms with E-state index >= 15 is 0 Å². The third kappa shape index (κ3) is 3.86. The number of nitrogens with zero attached hydrogens (tertiary/aromatic N) is 1. The van der Waals surface area contributed by atoms with Crippen molar-refractivity contribution in [3.63, 3.8) is 0 Å². The van der Waals surface area contributed by atoms with E-state index in [0.717, 1.165) is 36.7 Å². The Morgan fingerprint density at radius 1 is 1.19 bits per heavy atom. The van der Waals surface area contributed by atoms with Gasteiger partial charge in [-0.15, -0.1) is 11.3 Å². The van der Waals surface area contributed by atoms with Gasteiger partial charge < -0.3 is 10.1 Å². The van der Waals surface area contributed by atoms with Gasteiger partial charge in [0.15, 0.2) is 11.7 Å². The van der Waals surface area contributed by atoms with E-state index in [1.165, 1.54) is 4.88 Å². The van der Waals surface area contributed by atoms with Gasteiger partial charge in [-0.2, -0.15) is 0 Å². The molecule has 6 heteroatoms. The molecule has 1 aromatic heterocycles. The van der Waals surface area contributed by atoms with Gasteiger partial charge >= 0.3 is 0 Å². The van der Waals surface area contributed by atoms with Crippen molar-refractivity contribution in [1.82, 2.24) is 10.3 Å².